The maximum absolute atomic E-state index is 11.8. The maximum Gasteiger partial charge on any atom is 0.331 e. The van der Waals surface area contributed by atoms with Gasteiger partial charge in [0.1, 0.15) is 0 Å². The first-order chi connectivity index (χ1) is 12.2. The number of hydrogen-bond acceptors (Lipinski definition) is 5. The van der Waals surface area contributed by atoms with Crippen molar-refractivity contribution in [1.29, 1.82) is 0 Å². The Balaban J connectivity index is 1.48. The fraction of sp³-hybridized carbons (Fsp3) is 0.316. The quantitative estimate of drug-likeness (QED) is 0.643. The van der Waals surface area contributed by atoms with E-state index < -0.39 is 5.97 Å². The lowest BCUT2D eigenvalue weighted by atomic mass is 10.1. The van der Waals surface area contributed by atoms with E-state index in [0.29, 0.717) is 6.54 Å². The molecule has 0 saturated carbocycles. The van der Waals surface area contributed by atoms with Gasteiger partial charge in [0.15, 0.2) is 6.61 Å². The van der Waals surface area contributed by atoms with Gasteiger partial charge in [-0.05, 0) is 25.0 Å². The van der Waals surface area contributed by atoms with E-state index in [9.17, 15) is 9.59 Å². The molecule has 25 heavy (non-hydrogen) atoms. The summed E-state index contributed by atoms with van der Waals surface area (Å²) in [5.74, 6) is -0.899. The molecule has 1 aromatic heterocycles. The molecule has 1 aliphatic heterocycles. The van der Waals surface area contributed by atoms with Crippen LogP contribution in [-0.2, 0) is 19.1 Å². The van der Waals surface area contributed by atoms with Gasteiger partial charge < -0.3 is 14.8 Å². The highest BCUT2D eigenvalue weighted by Gasteiger charge is 2.16. The predicted octanol–water partition coefficient (Wildman–Crippen LogP) is 2.09. The topological polar surface area (TPSA) is 77.5 Å². The van der Waals surface area contributed by atoms with Gasteiger partial charge in [-0.15, -0.1) is 0 Å². The molecule has 6 heteroatoms. The molecule has 3 rings (SSSR count). The van der Waals surface area contributed by atoms with Crippen LogP contribution < -0.4 is 5.32 Å². The first-order valence-electron chi connectivity index (χ1n) is 8.29. The monoisotopic (exact) mass is 340 g/mol. The van der Waals surface area contributed by atoms with Gasteiger partial charge in [0.05, 0.1) is 11.6 Å². The molecule has 0 bridgehead atoms. The smallest absolute Gasteiger partial charge is 0.331 e. The molecule has 6 nitrogen and oxygen atoms in total. The molecule has 1 amide bonds. The second-order valence-corrected chi connectivity index (χ2v) is 5.80. The average Bonchev–Trinajstić information content (AvgIpc) is 3.16. The molecule has 1 unspecified atom stereocenters. The van der Waals surface area contributed by atoms with E-state index in [2.05, 4.69) is 10.3 Å². The molecule has 130 valence electrons. The molecule has 1 fully saturated rings. The number of amides is 1. The average molecular weight is 340 g/mol. The van der Waals surface area contributed by atoms with Crippen molar-refractivity contribution in [3.05, 3.63) is 48.2 Å². The van der Waals surface area contributed by atoms with Gasteiger partial charge in [0, 0.05) is 36.4 Å². The summed E-state index contributed by atoms with van der Waals surface area (Å²) < 4.78 is 10.4. The highest BCUT2D eigenvalue weighted by molar-refractivity contribution is 5.93. The summed E-state index contributed by atoms with van der Waals surface area (Å²) in [5, 5.41) is 3.69. The van der Waals surface area contributed by atoms with E-state index in [1.807, 2.05) is 30.3 Å². The van der Waals surface area contributed by atoms with Crippen molar-refractivity contribution < 1.29 is 19.1 Å². The molecular weight excluding hydrogens is 320 g/mol. The van der Waals surface area contributed by atoms with E-state index in [1.54, 1.807) is 12.3 Å². The summed E-state index contributed by atoms with van der Waals surface area (Å²) in [4.78, 5) is 27.8. The van der Waals surface area contributed by atoms with Crippen LogP contribution in [0.3, 0.4) is 0 Å². The van der Waals surface area contributed by atoms with Crippen LogP contribution >= 0.6 is 0 Å². The van der Waals surface area contributed by atoms with Crippen LogP contribution in [0.15, 0.2) is 42.6 Å². The second kappa shape index (κ2) is 8.39. The van der Waals surface area contributed by atoms with Crippen LogP contribution in [0.4, 0.5) is 0 Å². The van der Waals surface area contributed by atoms with Crippen LogP contribution in [-0.4, -0.2) is 42.7 Å². The van der Waals surface area contributed by atoms with E-state index in [1.165, 1.54) is 6.08 Å². The number of pyridine rings is 1. The van der Waals surface area contributed by atoms with Crippen molar-refractivity contribution in [2.45, 2.75) is 18.9 Å². The normalized spacial score (nSPS) is 17.0. The summed E-state index contributed by atoms with van der Waals surface area (Å²) in [7, 11) is 0. The zero-order valence-corrected chi connectivity index (χ0v) is 13.8. The van der Waals surface area contributed by atoms with Crippen molar-refractivity contribution >= 4 is 28.9 Å². The third kappa shape index (κ3) is 4.87. The van der Waals surface area contributed by atoms with E-state index in [-0.39, 0.29) is 18.6 Å². The number of carbonyl (C=O) groups is 2. The molecular formula is C19H20N2O4. The predicted molar refractivity (Wildman–Crippen MR) is 93.7 cm³/mol. The highest BCUT2D eigenvalue weighted by atomic mass is 16.5. The van der Waals surface area contributed by atoms with Gasteiger partial charge in [-0.25, -0.2) is 4.79 Å². The number of fused-ring (bicyclic) bond motifs is 1. The maximum atomic E-state index is 11.8. The summed E-state index contributed by atoms with van der Waals surface area (Å²) in [6, 6.07) is 9.53. The molecule has 1 N–H and O–H groups in total. The molecule has 0 aliphatic carbocycles. The molecule has 0 spiro atoms. The van der Waals surface area contributed by atoms with Crippen molar-refractivity contribution in [2.24, 2.45) is 0 Å². The summed E-state index contributed by atoms with van der Waals surface area (Å²) in [6.45, 7) is 0.890. The standard InChI is InChI=1S/C19H20N2O4/c22-17(21-12-16-7-3-11-24-16)13-25-18(23)9-8-15-5-1-4-14-6-2-10-20-19(14)15/h1-2,4-6,8-10,16H,3,7,11-13H2,(H,21,22)/b9-8+. The summed E-state index contributed by atoms with van der Waals surface area (Å²) >= 11 is 0. The van der Waals surface area contributed by atoms with Crippen molar-refractivity contribution in [1.82, 2.24) is 10.3 Å². The van der Waals surface area contributed by atoms with Crippen LogP contribution in [0.25, 0.3) is 17.0 Å². The van der Waals surface area contributed by atoms with Gasteiger partial charge in [0.25, 0.3) is 5.91 Å². The van der Waals surface area contributed by atoms with Crippen LogP contribution in [0.2, 0.25) is 0 Å². The van der Waals surface area contributed by atoms with E-state index in [0.717, 1.165) is 35.9 Å². The van der Waals surface area contributed by atoms with Crippen LogP contribution in [0.1, 0.15) is 18.4 Å². The zero-order chi connectivity index (χ0) is 17.5. The molecule has 1 aliphatic rings. The first kappa shape index (κ1) is 17.1. The van der Waals surface area contributed by atoms with Crippen molar-refractivity contribution in [3.63, 3.8) is 0 Å². The SMILES string of the molecule is O=C(COC(=O)/C=C/c1cccc2cccnc12)NCC1CCCO1. The number of nitrogens with one attached hydrogen (secondary N) is 1. The third-order valence-electron chi connectivity index (χ3n) is 3.96. The molecule has 1 aromatic carbocycles. The van der Waals surface area contributed by atoms with Crippen molar-refractivity contribution in [2.75, 3.05) is 19.8 Å². The van der Waals surface area contributed by atoms with Gasteiger partial charge >= 0.3 is 5.97 Å². The number of nitrogens with zero attached hydrogens (tertiary/aromatic N) is 1. The molecule has 1 saturated heterocycles. The van der Waals surface area contributed by atoms with E-state index >= 15 is 0 Å². The first-order valence-corrected chi connectivity index (χ1v) is 8.29. The lowest BCUT2D eigenvalue weighted by molar-refractivity contribution is -0.143. The van der Waals surface area contributed by atoms with E-state index in [4.69, 9.17) is 9.47 Å². The molecule has 1 atom stereocenters. The Hall–Kier alpha value is -2.73. The van der Waals surface area contributed by atoms with Crippen LogP contribution in [0.5, 0.6) is 0 Å². The Kier molecular flexibility index (Phi) is 5.74. The lowest BCUT2D eigenvalue weighted by Gasteiger charge is -2.10. The highest BCUT2D eigenvalue weighted by Crippen LogP contribution is 2.17. The Morgan fingerprint density at radius 2 is 2.20 bits per heavy atom. The third-order valence-corrected chi connectivity index (χ3v) is 3.96. The number of ether oxygens (including phenoxy) is 2. The van der Waals surface area contributed by atoms with Crippen LogP contribution in [0, 0.1) is 0 Å². The van der Waals surface area contributed by atoms with Gasteiger partial charge in [0.2, 0.25) is 0 Å². The number of para-hydroxylation sites is 1. The number of carbonyl (C=O) groups excluding carboxylic acids is 2. The number of aromatic nitrogens is 1. The van der Waals surface area contributed by atoms with Gasteiger partial charge in [-0.3, -0.25) is 9.78 Å². The van der Waals surface area contributed by atoms with Crippen molar-refractivity contribution in [3.8, 4) is 0 Å². The molecule has 2 heterocycles. The minimum Gasteiger partial charge on any atom is -0.452 e. The fourth-order valence-corrected chi connectivity index (χ4v) is 2.69. The van der Waals surface area contributed by atoms with Gasteiger partial charge in [-0.2, -0.15) is 0 Å². The second-order valence-electron chi connectivity index (χ2n) is 5.80. The fourth-order valence-electron chi connectivity index (χ4n) is 2.69. The minimum atomic E-state index is -0.569. The lowest BCUT2D eigenvalue weighted by Crippen LogP contribution is -2.34. The summed E-state index contributed by atoms with van der Waals surface area (Å²) in [6.07, 6.45) is 6.68. The number of hydrogen-bond donors (Lipinski definition) is 1. The number of rotatable bonds is 6. The number of esters is 1. The largest absolute Gasteiger partial charge is 0.452 e. The number of benzene rings is 1. The Labute approximate surface area is 145 Å². The Morgan fingerprint density at radius 3 is 3.04 bits per heavy atom. The Bertz CT molecular complexity index is 777. The molecule has 2 aromatic rings. The minimum absolute atomic E-state index is 0.0680. The summed E-state index contributed by atoms with van der Waals surface area (Å²) in [5.41, 5.74) is 1.63. The van der Waals surface area contributed by atoms with Gasteiger partial charge in [-0.1, -0.05) is 24.3 Å². The zero-order valence-electron chi connectivity index (χ0n) is 13.8. The molecule has 0 radical (unpaired) electrons. The Morgan fingerprint density at radius 1 is 1.32 bits per heavy atom.